The molecule has 0 spiro atoms. The van der Waals surface area contributed by atoms with Crippen molar-refractivity contribution in [3.8, 4) is 0 Å². The van der Waals surface area contributed by atoms with Crippen LogP contribution in [-0.4, -0.2) is 55.7 Å². The maximum atomic E-state index is 11.4. The number of rotatable bonds is 5. The zero-order valence-electron chi connectivity index (χ0n) is 12.2. The molecule has 21 heavy (non-hydrogen) atoms. The van der Waals surface area contributed by atoms with Crippen molar-refractivity contribution < 1.29 is 9.13 Å². The Bertz CT molecular complexity index is 523. The van der Waals surface area contributed by atoms with Gasteiger partial charge >= 0.3 is 0 Å². The van der Waals surface area contributed by atoms with Gasteiger partial charge in [0.25, 0.3) is 5.69 Å². The van der Waals surface area contributed by atoms with E-state index in [2.05, 4.69) is 29.0 Å². The first-order valence-electron chi connectivity index (χ1n) is 6.83. The molecule has 0 aromatic carbocycles. The van der Waals surface area contributed by atoms with Crippen LogP contribution in [0, 0.1) is 10.1 Å². The predicted octanol–water partition coefficient (Wildman–Crippen LogP) is 1.24. The van der Waals surface area contributed by atoms with Crippen LogP contribution in [0.25, 0.3) is 0 Å². The molecule has 0 radical (unpaired) electrons. The van der Waals surface area contributed by atoms with E-state index in [0.717, 1.165) is 24.6 Å². The second kappa shape index (κ2) is 6.48. The summed E-state index contributed by atoms with van der Waals surface area (Å²) >= 11 is 0. The van der Waals surface area contributed by atoms with Crippen LogP contribution in [0.3, 0.4) is 0 Å². The van der Waals surface area contributed by atoms with Crippen molar-refractivity contribution >= 4 is 22.3 Å². The van der Waals surface area contributed by atoms with Crippen LogP contribution in [0.4, 0.5) is 11.5 Å². The first kappa shape index (κ1) is 15.8. The van der Waals surface area contributed by atoms with E-state index < -0.39 is 15.7 Å². The van der Waals surface area contributed by atoms with Crippen molar-refractivity contribution in [3.05, 3.63) is 28.4 Å². The Morgan fingerprint density at radius 3 is 2.62 bits per heavy atom. The van der Waals surface area contributed by atoms with Crippen LogP contribution in [0.1, 0.15) is 13.8 Å². The lowest BCUT2D eigenvalue weighted by molar-refractivity contribution is -0.385. The Morgan fingerprint density at radius 2 is 2.10 bits per heavy atom. The van der Waals surface area contributed by atoms with E-state index in [9.17, 15) is 14.3 Å². The summed E-state index contributed by atoms with van der Waals surface area (Å²) in [6, 6.07) is 3.05. The summed E-state index contributed by atoms with van der Waals surface area (Å²) in [6.07, 6.45) is 1.25. The molecule has 0 bridgehead atoms. The zero-order chi connectivity index (χ0) is 15.5. The van der Waals surface area contributed by atoms with Gasteiger partial charge in [-0.15, -0.1) is 0 Å². The van der Waals surface area contributed by atoms with Gasteiger partial charge in [-0.05, 0) is 19.9 Å². The second-order valence-corrected chi connectivity index (χ2v) is 7.36. The number of nitrogens with zero attached hydrogens (tertiary/aromatic N) is 3. The molecule has 0 unspecified atom stereocenters. The SMILES string of the molecule is CC(C)(CNc1ccc([N+](=O)[O-])cn1)N1CCS(=O)CC1. The quantitative estimate of drug-likeness (QED) is 0.650. The molecule has 1 N–H and O–H groups in total. The lowest BCUT2D eigenvalue weighted by atomic mass is 10.0. The third-order valence-electron chi connectivity index (χ3n) is 3.69. The molecule has 1 aromatic heterocycles. The second-order valence-electron chi connectivity index (χ2n) is 5.66. The van der Waals surface area contributed by atoms with Gasteiger partial charge in [-0.25, -0.2) is 4.98 Å². The summed E-state index contributed by atoms with van der Waals surface area (Å²) in [5, 5.41) is 13.8. The molecule has 2 heterocycles. The molecule has 1 aliphatic rings. The van der Waals surface area contributed by atoms with Gasteiger partial charge in [0.15, 0.2) is 0 Å². The van der Waals surface area contributed by atoms with Crippen molar-refractivity contribution in [1.82, 2.24) is 9.88 Å². The molecule has 1 aliphatic heterocycles. The van der Waals surface area contributed by atoms with Gasteiger partial charge in [0.1, 0.15) is 12.0 Å². The summed E-state index contributed by atoms with van der Waals surface area (Å²) in [6.45, 7) is 6.58. The highest BCUT2D eigenvalue weighted by atomic mass is 32.2. The number of nitro groups is 1. The minimum atomic E-state index is -0.681. The molecule has 0 amide bonds. The van der Waals surface area contributed by atoms with Gasteiger partial charge in [-0.3, -0.25) is 19.2 Å². The highest BCUT2D eigenvalue weighted by molar-refractivity contribution is 7.85. The first-order valence-corrected chi connectivity index (χ1v) is 8.32. The van der Waals surface area contributed by atoms with Gasteiger partial charge in [0, 0.05) is 53.5 Å². The molecule has 0 saturated carbocycles. The number of aromatic nitrogens is 1. The summed E-state index contributed by atoms with van der Waals surface area (Å²) in [5.74, 6) is 2.06. The van der Waals surface area contributed by atoms with E-state index in [4.69, 9.17) is 0 Å². The van der Waals surface area contributed by atoms with Crippen molar-refractivity contribution in [2.75, 3.05) is 36.5 Å². The molecule has 116 valence electrons. The summed E-state index contributed by atoms with van der Waals surface area (Å²) in [5.41, 5.74) is -0.105. The van der Waals surface area contributed by atoms with Crippen molar-refractivity contribution in [2.24, 2.45) is 0 Å². The van der Waals surface area contributed by atoms with Crippen molar-refractivity contribution in [3.63, 3.8) is 0 Å². The Balaban J connectivity index is 1.91. The molecule has 7 nitrogen and oxygen atoms in total. The summed E-state index contributed by atoms with van der Waals surface area (Å²) < 4.78 is 11.4. The van der Waals surface area contributed by atoms with E-state index in [0.29, 0.717) is 12.4 Å². The van der Waals surface area contributed by atoms with Crippen LogP contribution in [0.2, 0.25) is 0 Å². The van der Waals surface area contributed by atoms with Gasteiger partial charge in [0.05, 0.1) is 4.92 Å². The van der Waals surface area contributed by atoms with Crippen LogP contribution < -0.4 is 5.32 Å². The van der Waals surface area contributed by atoms with Gasteiger partial charge in [0.2, 0.25) is 0 Å². The average Bonchev–Trinajstić information content (AvgIpc) is 2.46. The smallest absolute Gasteiger partial charge is 0.287 e. The Kier molecular flexibility index (Phi) is 4.89. The third-order valence-corrected chi connectivity index (χ3v) is 4.97. The van der Waals surface area contributed by atoms with Gasteiger partial charge < -0.3 is 5.32 Å². The fourth-order valence-electron chi connectivity index (χ4n) is 2.26. The number of hydrogen-bond donors (Lipinski definition) is 1. The molecular weight excluding hydrogens is 292 g/mol. The van der Waals surface area contributed by atoms with Crippen LogP contribution in [-0.2, 0) is 10.8 Å². The summed E-state index contributed by atoms with van der Waals surface area (Å²) in [4.78, 5) is 16.5. The standard InChI is InChI=1S/C13H20N4O3S/c1-13(2,16-5-7-21(20)8-6-16)10-15-12-4-3-11(9-14-12)17(18)19/h3-4,9H,5-8,10H2,1-2H3,(H,14,15). The molecule has 2 rings (SSSR count). The molecule has 1 saturated heterocycles. The molecule has 1 fully saturated rings. The third kappa shape index (κ3) is 4.21. The predicted molar refractivity (Wildman–Crippen MR) is 82.9 cm³/mol. The Hall–Kier alpha value is -1.54. The van der Waals surface area contributed by atoms with E-state index in [1.807, 2.05) is 0 Å². The zero-order valence-corrected chi connectivity index (χ0v) is 13.1. The van der Waals surface area contributed by atoms with Crippen molar-refractivity contribution in [1.29, 1.82) is 0 Å². The Morgan fingerprint density at radius 1 is 1.43 bits per heavy atom. The molecule has 1 aromatic rings. The first-order chi connectivity index (χ1) is 9.88. The fourth-order valence-corrected chi connectivity index (χ4v) is 3.31. The van der Waals surface area contributed by atoms with Crippen LogP contribution >= 0.6 is 0 Å². The lowest BCUT2D eigenvalue weighted by Gasteiger charge is -2.40. The molecular formula is C13H20N4O3S. The Labute approximate surface area is 126 Å². The minimum absolute atomic E-state index is 0.0154. The van der Waals surface area contributed by atoms with Crippen molar-refractivity contribution in [2.45, 2.75) is 19.4 Å². The highest BCUT2D eigenvalue weighted by Gasteiger charge is 2.29. The van der Waals surface area contributed by atoms with Crippen LogP contribution in [0.5, 0.6) is 0 Å². The lowest BCUT2D eigenvalue weighted by Crippen LogP contribution is -2.53. The minimum Gasteiger partial charge on any atom is -0.368 e. The van der Waals surface area contributed by atoms with Gasteiger partial charge in [-0.1, -0.05) is 0 Å². The van der Waals surface area contributed by atoms with E-state index in [-0.39, 0.29) is 11.2 Å². The molecule has 0 aliphatic carbocycles. The normalized spacial score (nSPS) is 17.6. The average molecular weight is 312 g/mol. The molecule has 0 atom stereocenters. The maximum absolute atomic E-state index is 11.4. The number of pyridine rings is 1. The fraction of sp³-hybridized carbons (Fsp3) is 0.615. The number of anilines is 1. The molecule has 8 heteroatoms. The monoisotopic (exact) mass is 312 g/mol. The van der Waals surface area contributed by atoms with E-state index >= 15 is 0 Å². The number of hydrogen-bond acceptors (Lipinski definition) is 6. The summed E-state index contributed by atoms with van der Waals surface area (Å²) in [7, 11) is -0.681. The maximum Gasteiger partial charge on any atom is 0.287 e. The van der Waals surface area contributed by atoms with Crippen LogP contribution in [0.15, 0.2) is 18.3 Å². The van der Waals surface area contributed by atoms with Gasteiger partial charge in [-0.2, -0.15) is 0 Å². The topological polar surface area (TPSA) is 88.4 Å². The highest BCUT2D eigenvalue weighted by Crippen LogP contribution is 2.18. The van der Waals surface area contributed by atoms with E-state index in [1.54, 1.807) is 6.07 Å². The number of nitrogens with one attached hydrogen (secondary N) is 1. The van der Waals surface area contributed by atoms with E-state index in [1.165, 1.54) is 12.3 Å². The largest absolute Gasteiger partial charge is 0.368 e.